The molecule has 0 fully saturated rings. The Hall–Kier alpha value is -1.39. The molecule has 0 spiro atoms. The first-order chi connectivity index (χ1) is 8.69. The minimum atomic E-state index is 0.582. The number of nitrogens with zero attached hydrogens (tertiary/aromatic N) is 1. The predicted octanol–water partition coefficient (Wildman–Crippen LogP) is 3.34. The van der Waals surface area contributed by atoms with Crippen LogP contribution in [0.25, 0.3) is 11.3 Å². The molecule has 4 heteroatoms. The van der Waals surface area contributed by atoms with Crippen LogP contribution in [-0.4, -0.2) is 11.5 Å². The molecule has 1 aromatic heterocycles. The summed E-state index contributed by atoms with van der Waals surface area (Å²) in [5.74, 6) is 0.626. The summed E-state index contributed by atoms with van der Waals surface area (Å²) in [6, 6.07) is 8.25. The van der Waals surface area contributed by atoms with Crippen LogP contribution < -0.4 is 11.1 Å². The van der Waals surface area contributed by atoms with E-state index in [1.165, 1.54) is 0 Å². The summed E-state index contributed by atoms with van der Waals surface area (Å²) in [6.45, 7) is 5.91. The number of rotatable bonds is 5. The number of hydrogen-bond donors (Lipinski definition) is 2. The molecule has 0 saturated heterocycles. The van der Waals surface area contributed by atoms with Crippen molar-refractivity contribution in [1.29, 1.82) is 0 Å². The SMILES string of the molecule is CC(C)CNc1nc(-c2ccc(CN)cc2)cs1. The molecule has 18 heavy (non-hydrogen) atoms. The molecular weight excluding hydrogens is 242 g/mol. The molecule has 0 aliphatic heterocycles. The highest BCUT2D eigenvalue weighted by Crippen LogP contribution is 2.25. The van der Waals surface area contributed by atoms with Crippen molar-refractivity contribution < 1.29 is 0 Å². The number of anilines is 1. The van der Waals surface area contributed by atoms with Gasteiger partial charge >= 0.3 is 0 Å². The number of nitrogens with one attached hydrogen (secondary N) is 1. The average molecular weight is 261 g/mol. The number of thiazole rings is 1. The van der Waals surface area contributed by atoms with E-state index in [0.717, 1.165) is 28.5 Å². The van der Waals surface area contributed by atoms with Gasteiger partial charge in [0, 0.05) is 24.0 Å². The largest absolute Gasteiger partial charge is 0.361 e. The van der Waals surface area contributed by atoms with Gasteiger partial charge in [-0.3, -0.25) is 0 Å². The number of benzene rings is 1. The van der Waals surface area contributed by atoms with Gasteiger partial charge in [0.25, 0.3) is 0 Å². The summed E-state index contributed by atoms with van der Waals surface area (Å²) in [4.78, 5) is 4.58. The second-order valence-electron chi connectivity index (χ2n) is 4.71. The fraction of sp³-hybridized carbons (Fsp3) is 0.357. The van der Waals surface area contributed by atoms with Crippen molar-refractivity contribution in [3.63, 3.8) is 0 Å². The van der Waals surface area contributed by atoms with E-state index in [1.54, 1.807) is 11.3 Å². The maximum absolute atomic E-state index is 5.59. The molecule has 3 N–H and O–H groups in total. The summed E-state index contributed by atoms with van der Waals surface area (Å²) >= 11 is 1.65. The van der Waals surface area contributed by atoms with Gasteiger partial charge in [-0.2, -0.15) is 0 Å². The number of hydrogen-bond acceptors (Lipinski definition) is 4. The Kier molecular flexibility index (Phi) is 4.33. The third-order valence-electron chi connectivity index (χ3n) is 2.65. The maximum Gasteiger partial charge on any atom is 0.183 e. The van der Waals surface area contributed by atoms with Crippen molar-refractivity contribution in [3.8, 4) is 11.3 Å². The van der Waals surface area contributed by atoms with E-state index < -0.39 is 0 Å². The molecule has 1 aromatic carbocycles. The average Bonchev–Trinajstić information content (AvgIpc) is 2.85. The quantitative estimate of drug-likeness (QED) is 0.868. The highest BCUT2D eigenvalue weighted by molar-refractivity contribution is 7.14. The molecule has 0 atom stereocenters. The van der Waals surface area contributed by atoms with Crippen LogP contribution in [0.2, 0.25) is 0 Å². The molecule has 0 amide bonds. The molecule has 0 saturated carbocycles. The molecule has 0 unspecified atom stereocenters. The van der Waals surface area contributed by atoms with Crippen molar-refractivity contribution in [3.05, 3.63) is 35.2 Å². The van der Waals surface area contributed by atoms with Gasteiger partial charge in [0.15, 0.2) is 5.13 Å². The molecule has 0 radical (unpaired) electrons. The van der Waals surface area contributed by atoms with Crippen LogP contribution in [0.1, 0.15) is 19.4 Å². The van der Waals surface area contributed by atoms with E-state index in [1.807, 2.05) is 0 Å². The van der Waals surface area contributed by atoms with Gasteiger partial charge in [-0.1, -0.05) is 38.1 Å². The van der Waals surface area contributed by atoms with Gasteiger partial charge in [0.2, 0.25) is 0 Å². The van der Waals surface area contributed by atoms with E-state index in [2.05, 4.69) is 53.8 Å². The Balaban J connectivity index is 2.08. The lowest BCUT2D eigenvalue weighted by atomic mass is 10.1. The van der Waals surface area contributed by atoms with Gasteiger partial charge in [0.1, 0.15) is 0 Å². The molecular formula is C14H19N3S. The van der Waals surface area contributed by atoms with E-state index in [-0.39, 0.29) is 0 Å². The second-order valence-corrected chi connectivity index (χ2v) is 5.57. The van der Waals surface area contributed by atoms with E-state index in [9.17, 15) is 0 Å². The lowest BCUT2D eigenvalue weighted by Gasteiger charge is -2.04. The molecule has 0 aliphatic rings. The molecule has 2 rings (SSSR count). The first kappa shape index (κ1) is 13.1. The summed E-state index contributed by atoms with van der Waals surface area (Å²) < 4.78 is 0. The van der Waals surface area contributed by atoms with Crippen molar-refractivity contribution in [2.24, 2.45) is 11.7 Å². The lowest BCUT2D eigenvalue weighted by Crippen LogP contribution is -2.07. The normalized spacial score (nSPS) is 10.9. The van der Waals surface area contributed by atoms with Gasteiger partial charge < -0.3 is 11.1 Å². The van der Waals surface area contributed by atoms with Gasteiger partial charge in [-0.25, -0.2) is 4.98 Å². The van der Waals surface area contributed by atoms with Crippen LogP contribution in [0, 0.1) is 5.92 Å². The Morgan fingerprint density at radius 1 is 1.28 bits per heavy atom. The summed E-state index contributed by atoms with van der Waals surface area (Å²) in [5.41, 5.74) is 8.90. The zero-order valence-corrected chi connectivity index (χ0v) is 11.6. The minimum Gasteiger partial charge on any atom is -0.361 e. The van der Waals surface area contributed by atoms with Crippen LogP contribution in [0.15, 0.2) is 29.6 Å². The highest BCUT2D eigenvalue weighted by atomic mass is 32.1. The number of aromatic nitrogens is 1. The first-order valence-corrected chi connectivity index (χ1v) is 7.06. The lowest BCUT2D eigenvalue weighted by molar-refractivity contribution is 0.688. The second kappa shape index (κ2) is 5.98. The Morgan fingerprint density at radius 2 is 2.00 bits per heavy atom. The molecule has 3 nitrogen and oxygen atoms in total. The standard InChI is InChI=1S/C14H19N3S/c1-10(2)8-16-14-17-13(9-18-14)12-5-3-11(7-15)4-6-12/h3-6,9-10H,7-8,15H2,1-2H3,(H,16,17). The third kappa shape index (κ3) is 3.31. The third-order valence-corrected chi connectivity index (χ3v) is 3.45. The van der Waals surface area contributed by atoms with Crippen LogP contribution >= 0.6 is 11.3 Å². The fourth-order valence-electron chi connectivity index (χ4n) is 1.59. The monoisotopic (exact) mass is 261 g/mol. The van der Waals surface area contributed by atoms with Crippen LogP contribution in [0.5, 0.6) is 0 Å². The summed E-state index contributed by atoms with van der Waals surface area (Å²) in [7, 11) is 0. The van der Waals surface area contributed by atoms with Crippen LogP contribution in [-0.2, 0) is 6.54 Å². The molecule has 1 heterocycles. The van der Waals surface area contributed by atoms with Crippen LogP contribution in [0.3, 0.4) is 0 Å². The van der Waals surface area contributed by atoms with E-state index >= 15 is 0 Å². The van der Waals surface area contributed by atoms with Gasteiger partial charge in [-0.15, -0.1) is 11.3 Å². The van der Waals surface area contributed by atoms with Crippen molar-refractivity contribution in [2.75, 3.05) is 11.9 Å². The highest BCUT2D eigenvalue weighted by Gasteiger charge is 2.04. The van der Waals surface area contributed by atoms with E-state index in [4.69, 9.17) is 5.73 Å². The zero-order valence-electron chi connectivity index (χ0n) is 10.8. The fourth-order valence-corrected chi connectivity index (χ4v) is 2.32. The molecule has 0 aliphatic carbocycles. The topological polar surface area (TPSA) is 50.9 Å². The van der Waals surface area contributed by atoms with Gasteiger partial charge in [-0.05, 0) is 11.5 Å². The van der Waals surface area contributed by atoms with E-state index in [0.29, 0.717) is 12.5 Å². The Morgan fingerprint density at radius 3 is 2.61 bits per heavy atom. The Bertz CT molecular complexity index is 488. The minimum absolute atomic E-state index is 0.582. The van der Waals surface area contributed by atoms with Crippen LogP contribution in [0.4, 0.5) is 5.13 Å². The Labute approximate surface area is 112 Å². The molecule has 96 valence electrons. The van der Waals surface area contributed by atoms with Crippen molar-refractivity contribution in [1.82, 2.24) is 4.98 Å². The molecule has 2 aromatic rings. The molecule has 0 bridgehead atoms. The van der Waals surface area contributed by atoms with Crippen molar-refractivity contribution >= 4 is 16.5 Å². The van der Waals surface area contributed by atoms with Crippen molar-refractivity contribution in [2.45, 2.75) is 20.4 Å². The predicted molar refractivity (Wildman–Crippen MR) is 78.8 cm³/mol. The smallest absolute Gasteiger partial charge is 0.183 e. The maximum atomic E-state index is 5.59. The zero-order chi connectivity index (χ0) is 13.0. The first-order valence-electron chi connectivity index (χ1n) is 6.18. The summed E-state index contributed by atoms with van der Waals surface area (Å²) in [6.07, 6.45) is 0. The van der Waals surface area contributed by atoms with Gasteiger partial charge in [0.05, 0.1) is 5.69 Å². The summed E-state index contributed by atoms with van der Waals surface area (Å²) in [5, 5.41) is 6.42. The number of nitrogens with two attached hydrogens (primary N) is 1.